The van der Waals surface area contributed by atoms with E-state index in [2.05, 4.69) is 48.3 Å². The maximum Gasteiger partial charge on any atom is 0.0710 e. The van der Waals surface area contributed by atoms with Gasteiger partial charge in [0.2, 0.25) is 0 Å². The van der Waals surface area contributed by atoms with Gasteiger partial charge in [0, 0.05) is 30.5 Å². The normalized spacial score (nSPS) is 14.2. The Morgan fingerprint density at radius 2 is 1.65 bits per heavy atom. The number of benzene rings is 1. The van der Waals surface area contributed by atoms with Crippen LogP contribution >= 0.6 is 0 Å². The zero-order valence-electron chi connectivity index (χ0n) is 11.3. The summed E-state index contributed by atoms with van der Waals surface area (Å²) in [5.41, 5.74) is 2.29. The molecule has 0 amide bonds. The van der Waals surface area contributed by atoms with E-state index in [4.69, 9.17) is 0 Å². The van der Waals surface area contributed by atoms with E-state index in [1.807, 2.05) is 6.92 Å². The van der Waals surface area contributed by atoms with Crippen LogP contribution in [-0.4, -0.2) is 30.3 Å². The quantitative estimate of drug-likeness (QED) is 0.797. The first-order valence-electron chi connectivity index (χ1n) is 6.38. The smallest absolute Gasteiger partial charge is 0.0710 e. The van der Waals surface area contributed by atoms with Crippen molar-refractivity contribution in [2.75, 3.05) is 23.3 Å². The number of anilines is 2. The SMILES string of the molecule is CCN(CC)c1ccc(NC(C)C(C)O)cc1. The number of hydrogen-bond donors (Lipinski definition) is 2. The lowest BCUT2D eigenvalue weighted by Gasteiger charge is -2.22. The Balaban J connectivity index is 2.67. The first-order chi connectivity index (χ1) is 8.08. The van der Waals surface area contributed by atoms with Crippen LogP contribution in [0.3, 0.4) is 0 Å². The fraction of sp³-hybridized carbons (Fsp3) is 0.571. The Morgan fingerprint density at radius 1 is 1.12 bits per heavy atom. The summed E-state index contributed by atoms with van der Waals surface area (Å²) in [6, 6.07) is 8.42. The van der Waals surface area contributed by atoms with Gasteiger partial charge in [0.15, 0.2) is 0 Å². The molecule has 0 spiro atoms. The lowest BCUT2D eigenvalue weighted by molar-refractivity contribution is 0.178. The molecule has 0 aliphatic carbocycles. The Morgan fingerprint density at radius 3 is 2.06 bits per heavy atom. The van der Waals surface area contributed by atoms with Crippen molar-refractivity contribution in [3.8, 4) is 0 Å². The minimum absolute atomic E-state index is 0.0642. The van der Waals surface area contributed by atoms with Crippen LogP contribution < -0.4 is 10.2 Å². The molecule has 0 aliphatic rings. The lowest BCUT2D eigenvalue weighted by atomic mass is 10.2. The molecule has 2 atom stereocenters. The highest BCUT2D eigenvalue weighted by molar-refractivity contribution is 5.55. The van der Waals surface area contributed by atoms with Crippen molar-refractivity contribution in [3.05, 3.63) is 24.3 Å². The van der Waals surface area contributed by atoms with Crippen molar-refractivity contribution >= 4 is 11.4 Å². The fourth-order valence-electron chi connectivity index (χ4n) is 1.74. The molecular formula is C14H24N2O. The summed E-state index contributed by atoms with van der Waals surface area (Å²) in [7, 11) is 0. The average Bonchev–Trinajstić information content (AvgIpc) is 2.32. The van der Waals surface area contributed by atoms with Crippen molar-refractivity contribution in [2.24, 2.45) is 0 Å². The van der Waals surface area contributed by atoms with Gasteiger partial charge in [-0.15, -0.1) is 0 Å². The molecule has 2 N–H and O–H groups in total. The molecular weight excluding hydrogens is 212 g/mol. The van der Waals surface area contributed by atoms with E-state index in [1.54, 1.807) is 6.92 Å². The lowest BCUT2D eigenvalue weighted by Crippen LogP contribution is -2.27. The van der Waals surface area contributed by atoms with Gasteiger partial charge in [-0.25, -0.2) is 0 Å². The average molecular weight is 236 g/mol. The monoisotopic (exact) mass is 236 g/mol. The predicted molar refractivity (Wildman–Crippen MR) is 74.8 cm³/mol. The number of nitrogens with zero attached hydrogens (tertiary/aromatic N) is 1. The third-order valence-corrected chi connectivity index (χ3v) is 3.11. The predicted octanol–water partition coefficient (Wildman–Crippen LogP) is 2.71. The molecule has 1 aromatic rings. The molecule has 2 unspecified atom stereocenters. The summed E-state index contributed by atoms with van der Waals surface area (Å²) in [5, 5.41) is 12.7. The van der Waals surface area contributed by atoms with Crippen molar-refractivity contribution in [1.29, 1.82) is 0 Å². The minimum Gasteiger partial charge on any atom is -0.391 e. The van der Waals surface area contributed by atoms with Gasteiger partial charge in [-0.1, -0.05) is 0 Å². The molecule has 0 fully saturated rings. The molecule has 0 aliphatic heterocycles. The summed E-state index contributed by atoms with van der Waals surface area (Å²) in [5.74, 6) is 0. The Labute approximate surface area is 104 Å². The van der Waals surface area contributed by atoms with Gasteiger partial charge < -0.3 is 15.3 Å². The first kappa shape index (κ1) is 13.8. The summed E-state index contributed by atoms with van der Waals surface area (Å²) >= 11 is 0. The molecule has 1 aromatic carbocycles. The Bertz CT molecular complexity index is 317. The van der Waals surface area contributed by atoms with Crippen LogP contribution in [0.2, 0.25) is 0 Å². The van der Waals surface area contributed by atoms with Gasteiger partial charge in [-0.2, -0.15) is 0 Å². The van der Waals surface area contributed by atoms with E-state index in [9.17, 15) is 5.11 Å². The molecule has 0 saturated heterocycles. The topological polar surface area (TPSA) is 35.5 Å². The van der Waals surface area contributed by atoms with E-state index >= 15 is 0 Å². The summed E-state index contributed by atoms with van der Waals surface area (Å²) < 4.78 is 0. The number of hydrogen-bond acceptors (Lipinski definition) is 3. The van der Waals surface area contributed by atoms with Crippen LogP contribution in [0.4, 0.5) is 11.4 Å². The zero-order chi connectivity index (χ0) is 12.8. The largest absolute Gasteiger partial charge is 0.391 e. The first-order valence-corrected chi connectivity index (χ1v) is 6.38. The Kier molecular flexibility index (Phi) is 5.29. The standard InChI is InChI=1S/C14H24N2O/c1-5-16(6-2)14-9-7-13(8-10-14)15-11(3)12(4)17/h7-12,15,17H,5-6H2,1-4H3. The van der Waals surface area contributed by atoms with E-state index in [-0.39, 0.29) is 12.1 Å². The van der Waals surface area contributed by atoms with Crippen molar-refractivity contribution in [1.82, 2.24) is 0 Å². The number of rotatable bonds is 6. The highest BCUT2D eigenvalue weighted by Gasteiger charge is 2.08. The van der Waals surface area contributed by atoms with Gasteiger partial charge >= 0.3 is 0 Å². The van der Waals surface area contributed by atoms with E-state index in [0.717, 1.165) is 18.8 Å². The number of aliphatic hydroxyl groups excluding tert-OH is 1. The van der Waals surface area contributed by atoms with Gasteiger partial charge in [-0.05, 0) is 52.0 Å². The van der Waals surface area contributed by atoms with Crippen molar-refractivity contribution in [2.45, 2.75) is 39.8 Å². The van der Waals surface area contributed by atoms with Gasteiger partial charge in [0.05, 0.1) is 6.10 Å². The molecule has 3 heteroatoms. The van der Waals surface area contributed by atoms with Crippen LogP contribution in [0.5, 0.6) is 0 Å². The number of aliphatic hydroxyl groups is 1. The molecule has 96 valence electrons. The second-order valence-electron chi connectivity index (χ2n) is 4.39. The minimum atomic E-state index is -0.350. The molecule has 1 rings (SSSR count). The fourth-order valence-corrected chi connectivity index (χ4v) is 1.74. The van der Waals surface area contributed by atoms with Crippen LogP contribution in [0, 0.1) is 0 Å². The van der Waals surface area contributed by atoms with Gasteiger partial charge in [-0.3, -0.25) is 0 Å². The molecule has 3 nitrogen and oxygen atoms in total. The maximum atomic E-state index is 9.43. The Hall–Kier alpha value is -1.22. The maximum absolute atomic E-state index is 9.43. The molecule has 0 heterocycles. The molecule has 17 heavy (non-hydrogen) atoms. The second-order valence-corrected chi connectivity index (χ2v) is 4.39. The van der Waals surface area contributed by atoms with Crippen molar-refractivity contribution < 1.29 is 5.11 Å². The third kappa shape index (κ3) is 3.93. The second kappa shape index (κ2) is 6.50. The highest BCUT2D eigenvalue weighted by atomic mass is 16.3. The summed E-state index contributed by atoms with van der Waals surface area (Å²) in [4.78, 5) is 2.31. The van der Waals surface area contributed by atoms with Crippen molar-refractivity contribution in [3.63, 3.8) is 0 Å². The van der Waals surface area contributed by atoms with Crippen LogP contribution in [0.1, 0.15) is 27.7 Å². The number of nitrogens with one attached hydrogen (secondary N) is 1. The van der Waals surface area contributed by atoms with E-state index in [0.29, 0.717) is 0 Å². The van der Waals surface area contributed by atoms with Crippen LogP contribution in [0.15, 0.2) is 24.3 Å². The summed E-state index contributed by atoms with van der Waals surface area (Å²) in [6.07, 6.45) is -0.350. The highest BCUT2D eigenvalue weighted by Crippen LogP contribution is 2.18. The van der Waals surface area contributed by atoms with E-state index in [1.165, 1.54) is 5.69 Å². The van der Waals surface area contributed by atoms with Crippen LogP contribution in [-0.2, 0) is 0 Å². The summed E-state index contributed by atoms with van der Waals surface area (Å²) in [6.45, 7) is 10.1. The van der Waals surface area contributed by atoms with Gasteiger partial charge in [0.1, 0.15) is 0 Å². The zero-order valence-corrected chi connectivity index (χ0v) is 11.3. The molecule has 0 saturated carbocycles. The van der Waals surface area contributed by atoms with Crippen LogP contribution in [0.25, 0.3) is 0 Å². The third-order valence-electron chi connectivity index (χ3n) is 3.11. The molecule has 0 radical (unpaired) electrons. The van der Waals surface area contributed by atoms with E-state index < -0.39 is 0 Å². The molecule has 0 bridgehead atoms. The molecule has 0 aromatic heterocycles. The van der Waals surface area contributed by atoms with Gasteiger partial charge in [0.25, 0.3) is 0 Å².